The largest absolute Gasteiger partial charge is 0.399 e. The maximum Gasteiger partial charge on any atom is 0.253 e. The molecule has 0 aliphatic carbocycles. The third kappa shape index (κ3) is 4.07. The van der Waals surface area contributed by atoms with E-state index >= 15 is 0 Å². The minimum atomic E-state index is -0.0497. The van der Waals surface area contributed by atoms with Gasteiger partial charge in [-0.1, -0.05) is 6.42 Å². The van der Waals surface area contributed by atoms with Crippen LogP contribution in [0, 0.1) is 0 Å². The third-order valence-corrected chi connectivity index (χ3v) is 4.82. The molecule has 110 valence electrons. The summed E-state index contributed by atoms with van der Waals surface area (Å²) in [5.41, 5.74) is 8.01. The van der Waals surface area contributed by atoms with Crippen molar-refractivity contribution >= 4 is 29.0 Å². The molecule has 20 heavy (non-hydrogen) atoms. The number of nitrogens with two attached hydrogens (primary N) is 1. The average molecular weight is 293 g/mol. The molecule has 1 heterocycles. The molecule has 5 heteroatoms. The molecule has 4 N–H and O–H groups in total. The first-order valence-corrected chi connectivity index (χ1v) is 8.28. The summed E-state index contributed by atoms with van der Waals surface area (Å²) in [6, 6.07) is 5.40. The second kappa shape index (κ2) is 7.43. The fourth-order valence-corrected chi connectivity index (χ4v) is 3.59. The summed E-state index contributed by atoms with van der Waals surface area (Å²) in [7, 11) is 0. The van der Waals surface area contributed by atoms with Crippen molar-refractivity contribution in [2.45, 2.75) is 31.4 Å². The molecule has 1 atom stereocenters. The number of benzene rings is 1. The van der Waals surface area contributed by atoms with Gasteiger partial charge in [-0.2, -0.15) is 11.8 Å². The Morgan fingerprint density at radius 3 is 3.00 bits per heavy atom. The van der Waals surface area contributed by atoms with Crippen LogP contribution < -0.4 is 16.4 Å². The van der Waals surface area contributed by atoms with E-state index in [1.807, 2.05) is 24.8 Å². The fourth-order valence-electron chi connectivity index (χ4n) is 2.35. The molecule has 0 radical (unpaired) electrons. The van der Waals surface area contributed by atoms with Crippen LogP contribution in [0.1, 0.15) is 36.5 Å². The Kier molecular flexibility index (Phi) is 5.59. The van der Waals surface area contributed by atoms with Crippen molar-refractivity contribution in [2.75, 3.05) is 29.9 Å². The number of carbonyl (C=O) groups is 1. The van der Waals surface area contributed by atoms with Crippen LogP contribution in [0.4, 0.5) is 11.4 Å². The number of hydrogen-bond acceptors (Lipinski definition) is 4. The predicted molar refractivity (Wildman–Crippen MR) is 87.4 cm³/mol. The number of anilines is 2. The van der Waals surface area contributed by atoms with E-state index in [4.69, 9.17) is 5.73 Å². The van der Waals surface area contributed by atoms with E-state index in [9.17, 15) is 4.79 Å². The molecule has 0 aromatic heterocycles. The van der Waals surface area contributed by atoms with Gasteiger partial charge in [0.1, 0.15) is 0 Å². The Morgan fingerprint density at radius 2 is 2.30 bits per heavy atom. The van der Waals surface area contributed by atoms with Gasteiger partial charge in [-0.05, 0) is 43.7 Å². The number of nitrogen functional groups attached to an aromatic ring is 1. The van der Waals surface area contributed by atoms with E-state index in [-0.39, 0.29) is 5.91 Å². The van der Waals surface area contributed by atoms with Gasteiger partial charge in [0.05, 0.1) is 5.56 Å². The van der Waals surface area contributed by atoms with Crippen LogP contribution in [0.15, 0.2) is 18.2 Å². The van der Waals surface area contributed by atoms with Crippen molar-refractivity contribution in [1.82, 2.24) is 5.32 Å². The highest BCUT2D eigenvalue weighted by Crippen LogP contribution is 2.26. The zero-order valence-corrected chi connectivity index (χ0v) is 12.8. The van der Waals surface area contributed by atoms with Gasteiger partial charge in [0.2, 0.25) is 0 Å². The van der Waals surface area contributed by atoms with Gasteiger partial charge in [0.15, 0.2) is 0 Å². The van der Waals surface area contributed by atoms with Crippen LogP contribution in [0.5, 0.6) is 0 Å². The van der Waals surface area contributed by atoms with E-state index in [1.54, 1.807) is 12.1 Å². The monoisotopic (exact) mass is 293 g/mol. The van der Waals surface area contributed by atoms with Crippen molar-refractivity contribution < 1.29 is 4.79 Å². The van der Waals surface area contributed by atoms with Gasteiger partial charge in [-0.25, -0.2) is 0 Å². The number of thioether (sulfide) groups is 1. The summed E-state index contributed by atoms with van der Waals surface area (Å²) in [6.07, 6.45) is 3.87. The van der Waals surface area contributed by atoms with E-state index in [0.717, 1.165) is 12.2 Å². The lowest BCUT2D eigenvalue weighted by Crippen LogP contribution is -2.25. The Labute approximate surface area is 124 Å². The Hall–Kier alpha value is -1.36. The molecule has 1 saturated heterocycles. The number of hydrogen-bond donors (Lipinski definition) is 3. The number of carbonyl (C=O) groups excluding carboxylic acids is 1. The minimum Gasteiger partial charge on any atom is -0.399 e. The average Bonchev–Trinajstić information content (AvgIpc) is 2.46. The zero-order chi connectivity index (χ0) is 14.4. The second-order valence-corrected chi connectivity index (χ2v) is 6.44. The first-order valence-electron chi connectivity index (χ1n) is 7.24. The fraction of sp³-hybridized carbons (Fsp3) is 0.533. The summed E-state index contributed by atoms with van der Waals surface area (Å²) in [6.45, 7) is 3.43. The van der Waals surface area contributed by atoms with Crippen LogP contribution >= 0.6 is 11.8 Å². The van der Waals surface area contributed by atoms with E-state index in [2.05, 4.69) is 10.6 Å². The minimum absolute atomic E-state index is 0.0497. The molecule has 1 aliphatic heterocycles. The Bertz CT molecular complexity index is 458. The lowest BCUT2D eigenvalue weighted by Gasteiger charge is -2.22. The molecular formula is C15H23N3OS. The highest BCUT2D eigenvalue weighted by molar-refractivity contribution is 7.99. The zero-order valence-electron chi connectivity index (χ0n) is 11.9. The maximum atomic E-state index is 12.0. The van der Waals surface area contributed by atoms with Crippen LogP contribution in [-0.2, 0) is 0 Å². The van der Waals surface area contributed by atoms with Crippen LogP contribution in [-0.4, -0.2) is 30.0 Å². The van der Waals surface area contributed by atoms with Gasteiger partial charge in [-0.15, -0.1) is 0 Å². The normalized spacial score (nSPS) is 18.6. The molecule has 4 nitrogen and oxygen atoms in total. The first kappa shape index (κ1) is 15.0. The van der Waals surface area contributed by atoms with E-state index < -0.39 is 0 Å². The number of rotatable bonds is 5. The van der Waals surface area contributed by atoms with Crippen LogP contribution in [0.25, 0.3) is 0 Å². The summed E-state index contributed by atoms with van der Waals surface area (Å²) < 4.78 is 0. The lowest BCUT2D eigenvalue weighted by atomic mass is 10.1. The quantitative estimate of drug-likeness (QED) is 0.730. The van der Waals surface area contributed by atoms with Crippen molar-refractivity contribution in [3.8, 4) is 0 Å². The van der Waals surface area contributed by atoms with Crippen molar-refractivity contribution in [3.63, 3.8) is 0 Å². The second-order valence-electron chi connectivity index (χ2n) is 5.03. The molecule has 1 aromatic rings. The lowest BCUT2D eigenvalue weighted by molar-refractivity contribution is 0.0956. The maximum absolute atomic E-state index is 12.0. The van der Waals surface area contributed by atoms with Crippen molar-refractivity contribution in [1.29, 1.82) is 0 Å². The summed E-state index contributed by atoms with van der Waals surface area (Å²) in [4.78, 5) is 12.0. The summed E-state index contributed by atoms with van der Waals surface area (Å²) in [5, 5.41) is 6.87. The number of amides is 1. The molecule has 1 aliphatic rings. The van der Waals surface area contributed by atoms with E-state index in [0.29, 0.717) is 23.0 Å². The molecular weight excluding hydrogens is 270 g/mol. The summed E-state index contributed by atoms with van der Waals surface area (Å²) >= 11 is 2.02. The van der Waals surface area contributed by atoms with Crippen LogP contribution in [0.2, 0.25) is 0 Å². The Morgan fingerprint density at radius 1 is 1.45 bits per heavy atom. The smallest absolute Gasteiger partial charge is 0.253 e. The molecule has 1 fully saturated rings. The van der Waals surface area contributed by atoms with E-state index in [1.165, 1.54) is 25.0 Å². The number of nitrogens with one attached hydrogen (secondary N) is 2. The third-order valence-electron chi connectivity index (χ3n) is 3.42. The SMILES string of the molecule is CCNC(=O)c1ccc(N)cc1NCC1CCCCS1. The van der Waals surface area contributed by atoms with Gasteiger partial charge in [0, 0.05) is 29.7 Å². The standard InChI is InChI=1S/C15H23N3OS/c1-2-17-15(19)13-7-6-11(16)9-14(13)18-10-12-5-3-4-8-20-12/h6-7,9,12,18H,2-5,8,10,16H2,1H3,(H,17,19). The molecule has 0 bridgehead atoms. The topological polar surface area (TPSA) is 67.2 Å². The molecule has 0 saturated carbocycles. The van der Waals surface area contributed by atoms with Gasteiger partial charge in [-0.3, -0.25) is 4.79 Å². The van der Waals surface area contributed by atoms with Gasteiger partial charge in [0.25, 0.3) is 5.91 Å². The predicted octanol–water partition coefficient (Wildman–Crippen LogP) is 2.72. The first-order chi connectivity index (χ1) is 9.70. The molecule has 1 unspecified atom stereocenters. The Balaban J connectivity index is 2.04. The molecule has 1 amide bonds. The molecule has 0 spiro atoms. The highest BCUT2D eigenvalue weighted by Gasteiger charge is 2.16. The molecule has 1 aromatic carbocycles. The van der Waals surface area contributed by atoms with Gasteiger partial charge < -0.3 is 16.4 Å². The van der Waals surface area contributed by atoms with Crippen molar-refractivity contribution in [2.24, 2.45) is 0 Å². The summed E-state index contributed by atoms with van der Waals surface area (Å²) in [5.74, 6) is 1.19. The van der Waals surface area contributed by atoms with Crippen molar-refractivity contribution in [3.05, 3.63) is 23.8 Å². The van der Waals surface area contributed by atoms with Gasteiger partial charge >= 0.3 is 0 Å². The highest BCUT2D eigenvalue weighted by atomic mass is 32.2. The van der Waals surface area contributed by atoms with Crippen LogP contribution in [0.3, 0.4) is 0 Å². The molecule has 2 rings (SSSR count).